The van der Waals surface area contributed by atoms with Gasteiger partial charge >= 0.3 is 5.97 Å². The summed E-state index contributed by atoms with van der Waals surface area (Å²) >= 11 is 0. The first-order chi connectivity index (χ1) is 9.16. The second-order valence-corrected chi connectivity index (χ2v) is 6.55. The molecule has 2 N–H and O–H groups in total. The number of hydrogen-bond donors (Lipinski definition) is 2. The number of carbonyl (C=O) groups excluding carboxylic acids is 1. The minimum Gasteiger partial charge on any atom is -0.480 e. The zero-order valence-electron chi connectivity index (χ0n) is 11.1. The lowest BCUT2D eigenvalue weighted by atomic mass is 10.3. The summed E-state index contributed by atoms with van der Waals surface area (Å²) in [7, 11) is -3.93. The zero-order chi connectivity index (χ0) is 15.5. The number of sulfone groups is 1. The van der Waals surface area contributed by atoms with Gasteiger partial charge in [0.1, 0.15) is 0 Å². The van der Waals surface area contributed by atoms with Crippen molar-refractivity contribution >= 4 is 27.4 Å². The van der Waals surface area contributed by atoms with Crippen LogP contribution in [0.4, 0.5) is 5.69 Å². The van der Waals surface area contributed by atoms with Crippen LogP contribution >= 0.6 is 0 Å². The summed E-state index contributed by atoms with van der Waals surface area (Å²) in [5.74, 6) is -1.79. The fraction of sp³-hybridized carbons (Fsp3) is 0.231. The maximum Gasteiger partial charge on any atom is 0.321 e. The monoisotopic (exact) mass is 297 g/mol. The summed E-state index contributed by atoms with van der Waals surface area (Å²) in [6, 6.07) is 5.29. The molecule has 1 amide bonds. The summed E-state index contributed by atoms with van der Waals surface area (Å²) in [5.41, 5.74) is 0.723. The third kappa shape index (κ3) is 3.45. The molecule has 1 atom stereocenters. The summed E-state index contributed by atoms with van der Waals surface area (Å²) in [5, 5.41) is 9.76. The first kappa shape index (κ1) is 15.9. The van der Waals surface area contributed by atoms with Gasteiger partial charge in [-0.15, -0.1) is 0 Å². The summed E-state index contributed by atoms with van der Waals surface area (Å²) in [4.78, 5) is 22.0. The zero-order valence-corrected chi connectivity index (χ0v) is 11.9. The highest BCUT2D eigenvalue weighted by Gasteiger charge is 2.29. The lowest BCUT2D eigenvalue weighted by Gasteiger charge is -2.10. The highest BCUT2D eigenvalue weighted by molar-refractivity contribution is 7.92. The molecule has 0 fully saturated rings. The van der Waals surface area contributed by atoms with Crippen molar-refractivity contribution in [1.29, 1.82) is 0 Å². The Morgan fingerprint density at radius 2 is 1.75 bits per heavy atom. The first-order valence-electron chi connectivity index (χ1n) is 5.70. The molecule has 1 rings (SSSR count). The molecule has 1 unspecified atom stereocenters. The molecule has 20 heavy (non-hydrogen) atoms. The smallest absolute Gasteiger partial charge is 0.321 e. The molecule has 0 aliphatic carbocycles. The third-order valence-electron chi connectivity index (χ3n) is 2.64. The Morgan fingerprint density at radius 1 is 1.25 bits per heavy atom. The van der Waals surface area contributed by atoms with Crippen LogP contribution in [-0.2, 0) is 19.4 Å². The van der Waals surface area contributed by atoms with E-state index in [1.165, 1.54) is 24.3 Å². The first-order valence-corrected chi connectivity index (χ1v) is 7.24. The van der Waals surface area contributed by atoms with Crippen molar-refractivity contribution in [2.24, 2.45) is 0 Å². The summed E-state index contributed by atoms with van der Waals surface area (Å²) in [6.45, 7) is 6.13. The molecule has 0 aliphatic heterocycles. The van der Waals surface area contributed by atoms with Gasteiger partial charge in [0, 0.05) is 11.3 Å². The van der Waals surface area contributed by atoms with Gasteiger partial charge in [0.15, 0.2) is 15.1 Å². The molecule has 0 spiro atoms. The number of carboxylic acids is 1. The molecule has 0 aliphatic rings. The van der Waals surface area contributed by atoms with E-state index in [-0.39, 0.29) is 10.8 Å². The molecule has 1 aromatic carbocycles. The Bertz CT molecular complexity index is 646. The van der Waals surface area contributed by atoms with E-state index in [0.717, 1.165) is 6.92 Å². The maximum atomic E-state index is 11.9. The predicted molar refractivity (Wildman–Crippen MR) is 74.2 cm³/mol. The van der Waals surface area contributed by atoms with Gasteiger partial charge in [0.05, 0.1) is 4.90 Å². The van der Waals surface area contributed by atoms with Gasteiger partial charge in [0.25, 0.3) is 5.91 Å². The Hall–Kier alpha value is -2.15. The van der Waals surface area contributed by atoms with Crippen molar-refractivity contribution in [1.82, 2.24) is 0 Å². The van der Waals surface area contributed by atoms with Crippen LogP contribution in [0, 0.1) is 0 Å². The Balaban J connectivity index is 3.00. The van der Waals surface area contributed by atoms with Crippen molar-refractivity contribution in [3.8, 4) is 0 Å². The van der Waals surface area contributed by atoms with Gasteiger partial charge in [-0.05, 0) is 38.1 Å². The van der Waals surface area contributed by atoms with E-state index < -0.39 is 21.1 Å². The van der Waals surface area contributed by atoms with Gasteiger partial charge in [-0.3, -0.25) is 9.59 Å². The van der Waals surface area contributed by atoms with E-state index >= 15 is 0 Å². The average molecular weight is 297 g/mol. The van der Waals surface area contributed by atoms with Gasteiger partial charge in [-0.2, -0.15) is 0 Å². The van der Waals surface area contributed by atoms with Crippen molar-refractivity contribution in [3.63, 3.8) is 0 Å². The van der Waals surface area contributed by atoms with Crippen molar-refractivity contribution in [2.45, 2.75) is 24.0 Å². The molecular weight excluding hydrogens is 282 g/mol. The lowest BCUT2D eigenvalue weighted by molar-refractivity contribution is -0.136. The molecule has 1 aromatic rings. The van der Waals surface area contributed by atoms with Crippen molar-refractivity contribution < 1.29 is 23.1 Å². The van der Waals surface area contributed by atoms with E-state index in [2.05, 4.69) is 11.9 Å². The van der Waals surface area contributed by atoms with Crippen LogP contribution in [0.5, 0.6) is 0 Å². The van der Waals surface area contributed by atoms with Crippen LogP contribution in [0.3, 0.4) is 0 Å². The van der Waals surface area contributed by atoms with E-state index in [9.17, 15) is 18.0 Å². The lowest BCUT2D eigenvalue weighted by Crippen LogP contribution is -2.26. The maximum absolute atomic E-state index is 11.9. The van der Waals surface area contributed by atoms with Crippen LogP contribution in [0.1, 0.15) is 13.8 Å². The number of carbonyl (C=O) groups is 2. The highest BCUT2D eigenvalue weighted by atomic mass is 32.2. The Kier molecular flexibility index (Phi) is 4.67. The van der Waals surface area contributed by atoms with Crippen molar-refractivity contribution in [2.75, 3.05) is 5.32 Å². The number of aliphatic carboxylic acids is 1. The fourth-order valence-corrected chi connectivity index (χ4v) is 2.49. The van der Waals surface area contributed by atoms with E-state index in [1.54, 1.807) is 6.92 Å². The quantitative estimate of drug-likeness (QED) is 0.801. The second kappa shape index (κ2) is 5.87. The van der Waals surface area contributed by atoms with E-state index in [4.69, 9.17) is 5.11 Å². The number of carboxylic acid groups (broad SMARTS) is 1. The molecule has 0 heterocycles. The summed E-state index contributed by atoms with van der Waals surface area (Å²) in [6.07, 6.45) is 0. The van der Waals surface area contributed by atoms with Gasteiger partial charge in [-0.1, -0.05) is 6.58 Å². The molecule has 0 saturated carbocycles. The van der Waals surface area contributed by atoms with Crippen LogP contribution in [-0.4, -0.2) is 30.7 Å². The second-order valence-electron chi connectivity index (χ2n) is 4.28. The molecule has 6 nitrogen and oxygen atoms in total. The van der Waals surface area contributed by atoms with Gasteiger partial charge in [-0.25, -0.2) is 8.42 Å². The van der Waals surface area contributed by atoms with Crippen LogP contribution in [0.25, 0.3) is 0 Å². The normalized spacial score (nSPS) is 12.5. The Morgan fingerprint density at radius 3 is 2.15 bits per heavy atom. The largest absolute Gasteiger partial charge is 0.480 e. The molecule has 0 aromatic heterocycles. The van der Waals surface area contributed by atoms with Crippen LogP contribution in [0.15, 0.2) is 41.3 Å². The topological polar surface area (TPSA) is 101 Å². The van der Waals surface area contributed by atoms with Crippen molar-refractivity contribution in [3.05, 3.63) is 36.4 Å². The minimum absolute atomic E-state index is 0.110. The number of benzene rings is 1. The third-order valence-corrected chi connectivity index (χ3v) is 4.70. The number of nitrogens with one attached hydrogen (secondary N) is 1. The molecule has 0 radical (unpaired) electrons. The van der Waals surface area contributed by atoms with Crippen LogP contribution in [0.2, 0.25) is 0 Å². The fourth-order valence-electron chi connectivity index (χ4n) is 1.30. The molecule has 108 valence electrons. The molecule has 0 bridgehead atoms. The standard InChI is InChI=1S/C13H15NO5S/c1-8(2)12(15)14-10-4-6-11(7-5-10)20(18,19)9(3)13(16)17/h4-7,9H,1H2,2-3H3,(H,14,15)(H,16,17). The number of rotatable bonds is 5. The van der Waals surface area contributed by atoms with Gasteiger partial charge < -0.3 is 10.4 Å². The molecule has 7 heteroatoms. The van der Waals surface area contributed by atoms with Crippen LogP contribution < -0.4 is 5.32 Å². The number of amides is 1. The number of anilines is 1. The summed E-state index contributed by atoms with van der Waals surface area (Å²) < 4.78 is 23.9. The van der Waals surface area contributed by atoms with E-state index in [1.807, 2.05) is 0 Å². The predicted octanol–water partition coefficient (Wildman–Crippen LogP) is 1.45. The average Bonchev–Trinajstić information content (AvgIpc) is 2.38. The van der Waals surface area contributed by atoms with Gasteiger partial charge in [0.2, 0.25) is 0 Å². The SMILES string of the molecule is C=C(C)C(=O)Nc1ccc(S(=O)(=O)C(C)C(=O)O)cc1. The minimum atomic E-state index is -3.93. The molecule has 0 saturated heterocycles. The van der Waals surface area contributed by atoms with E-state index in [0.29, 0.717) is 11.3 Å². The Labute approximate surface area is 117 Å². The number of hydrogen-bond acceptors (Lipinski definition) is 4. The molecular formula is C13H15NO5S. The highest BCUT2D eigenvalue weighted by Crippen LogP contribution is 2.19.